The van der Waals surface area contributed by atoms with Crippen LogP contribution in [0, 0.1) is 6.92 Å². The van der Waals surface area contributed by atoms with Gasteiger partial charge in [0.25, 0.3) is 0 Å². The van der Waals surface area contributed by atoms with Crippen LogP contribution < -0.4 is 9.62 Å². The number of rotatable bonds is 8. The smallest absolute Gasteiger partial charge is 0.245 e. The highest BCUT2D eigenvalue weighted by atomic mass is 35.5. The summed E-state index contributed by atoms with van der Waals surface area (Å²) in [5.74, 6) is 0.315. The first-order valence-corrected chi connectivity index (χ1v) is 13.2. The molecule has 3 rings (SSSR count). The lowest BCUT2D eigenvalue weighted by molar-refractivity contribution is -0.114. The number of benzene rings is 3. The summed E-state index contributed by atoms with van der Waals surface area (Å²) in [5.41, 5.74) is 2.78. The molecule has 3 aromatic carbocycles. The Kier molecular flexibility index (Phi) is 8.11. The molecule has 5 nitrogen and oxygen atoms in total. The van der Waals surface area contributed by atoms with E-state index in [0.29, 0.717) is 5.69 Å². The van der Waals surface area contributed by atoms with E-state index in [1.165, 1.54) is 11.0 Å². The standard InChI is InChI=1S/C23H22Cl2N2O3S2/c1-16-13-17(15-31-18-7-4-3-5-8-18)11-12-20(16)26-22(28)14-27(32(2,29)30)21-10-6-9-19(24)23(21)25/h3-13H,14-15H2,1-2H3,(H,26,28). The van der Waals surface area contributed by atoms with E-state index in [1.807, 2.05) is 43.3 Å². The Morgan fingerprint density at radius 1 is 1.03 bits per heavy atom. The molecule has 0 aliphatic heterocycles. The Morgan fingerprint density at radius 3 is 2.41 bits per heavy atom. The number of amides is 1. The van der Waals surface area contributed by atoms with Crippen LogP contribution >= 0.6 is 35.0 Å². The molecule has 0 unspecified atom stereocenters. The molecule has 0 aromatic heterocycles. The second-order valence-electron chi connectivity index (χ2n) is 7.14. The summed E-state index contributed by atoms with van der Waals surface area (Å²) in [6.07, 6.45) is 1.02. The van der Waals surface area contributed by atoms with Gasteiger partial charge in [-0.05, 0) is 48.4 Å². The highest BCUT2D eigenvalue weighted by Crippen LogP contribution is 2.33. The normalized spacial score (nSPS) is 11.2. The Hall–Kier alpha value is -2.19. The highest BCUT2D eigenvalue weighted by Gasteiger charge is 2.24. The van der Waals surface area contributed by atoms with Gasteiger partial charge < -0.3 is 5.32 Å². The Morgan fingerprint density at radius 2 is 1.75 bits per heavy atom. The molecule has 0 fully saturated rings. The molecule has 0 saturated carbocycles. The fourth-order valence-corrected chi connectivity index (χ4v) is 5.20. The molecular weight excluding hydrogens is 487 g/mol. The number of hydrogen-bond acceptors (Lipinski definition) is 4. The van der Waals surface area contributed by atoms with E-state index < -0.39 is 22.5 Å². The number of sulfonamides is 1. The number of carbonyl (C=O) groups excluding carboxylic acids is 1. The number of anilines is 2. The van der Waals surface area contributed by atoms with Gasteiger partial charge in [-0.1, -0.05) is 59.6 Å². The van der Waals surface area contributed by atoms with E-state index in [4.69, 9.17) is 23.2 Å². The van der Waals surface area contributed by atoms with Crippen LogP contribution in [-0.4, -0.2) is 27.1 Å². The van der Waals surface area contributed by atoms with Crippen molar-refractivity contribution in [1.82, 2.24) is 0 Å². The van der Waals surface area contributed by atoms with E-state index in [2.05, 4.69) is 17.4 Å². The van der Waals surface area contributed by atoms with E-state index in [-0.39, 0.29) is 15.7 Å². The van der Waals surface area contributed by atoms with Crippen molar-refractivity contribution in [2.45, 2.75) is 17.6 Å². The van der Waals surface area contributed by atoms with Gasteiger partial charge in [0.05, 0.1) is 22.0 Å². The van der Waals surface area contributed by atoms with E-state index in [9.17, 15) is 13.2 Å². The first-order valence-electron chi connectivity index (χ1n) is 9.64. The number of hydrogen-bond donors (Lipinski definition) is 1. The molecule has 0 aliphatic rings. The molecule has 1 N–H and O–H groups in total. The molecule has 168 valence electrons. The lowest BCUT2D eigenvalue weighted by Gasteiger charge is -2.23. The first kappa shape index (κ1) is 24.5. The molecule has 1 amide bonds. The Bertz CT molecular complexity index is 1220. The average molecular weight is 509 g/mol. The molecule has 3 aromatic rings. The highest BCUT2D eigenvalue weighted by molar-refractivity contribution is 7.98. The third-order valence-corrected chi connectivity index (χ3v) is 7.62. The van der Waals surface area contributed by atoms with E-state index in [1.54, 1.807) is 23.9 Å². The number of nitrogens with zero attached hydrogens (tertiary/aromatic N) is 1. The van der Waals surface area contributed by atoms with Crippen LogP contribution in [0.2, 0.25) is 10.0 Å². The van der Waals surface area contributed by atoms with Crippen molar-refractivity contribution in [2.24, 2.45) is 0 Å². The molecule has 0 spiro atoms. The van der Waals surface area contributed by atoms with Gasteiger partial charge in [0.1, 0.15) is 6.54 Å². The number of carbonyl (C=O) groups is 1. The van der Waals surface area contributed by atoms with Gasteiger partial charge in [0.2, 0.25) is 15.9 Å². The lowest BCUT2D eigenvalue weighted by atomic mass is 10.1. The fourth-order valence-electron chi connectivity index (χ4n) is 3.03. The Balaban J connectivity index is 1.70. The topological polar surface area (TPSA) is 66.5 Å². The number of halogens is 2. The van der Waals surface area contributed by atoms with Gasteiger partial charge in [-0.3, -0.25) is 9.10 Å². The summed E-state index contributed by atoms with van der Waals surface area (Å²) in [7, 11) is -3.77. The lowest BCUT2D eigenvalue weighted by Crippen LogP contribution is -2.37. The Labute approximate surface area is 202 Å². The van der Waals surface area contributed by atoms with Crippen molar-refractivity contribution < 1.29 is 13.2 Å². The maximum absolute atomic E-state index is 12.7. The van der Waals surface area contributed by atoms with Crippen LogP contribution in [0.3, 0.4) is 0 Å². The van der Waals surface area contributed by atoms with Gasteiger partial charge >= 0.3 is 0 Å². The molecule has 0 bridgehead atoms. The summed E-state index contributed by atoms with van der Waals surface area (Å²) in [6.45, 7) is 1.47. The van der Waals surface area contributed by atoms with Crippen LogP contribution in [0.5, 0.6) is 0 Å². The van der Waals surface area contributed by atoms with Crippen molar-refractivity contribution in [3.05, 3.63) is 87.9 Å². The number of thioether (sulfide) groups is 1. The third kappa shape index (κ3) is 6.42. The predicted octanol–water partition coefficient (Wildman–Crippen LogP) is 6.00. The second-order valence-corrected chi connectivity index (χ2v) is 10.9. The minimum atomic E-state index is -3.77. The molecular formula is C23H22Cl2N2O3S2. The van der Waals surface area contributed by atoms with Gasteiger partial charge in [-0.2, -0.15) is 0 Å². The molecule has 0 aliphatic carbocycles. The van der Waals surface area contributed by atoms with Crippen LogP contribution in [0.25, 0.3) is 0 Å². The SMILES string of the molecule is Cc1cc(CSc2ccccc2)ccc1NC(=O)CN(c1cccc(Cl)c1Cl)S(C)(=O)=O. The van der Waals surface area contributed by atoms with Crippen molar-refractivity contribution >= 4 is 62.3 Å². The quantitative estimate of drug-likeness (QED) is 0.379. The third-order valence-electron chi connectivity index (χ3n) is 4.60. The van der Waals surface area contributed by atoms with Crippen LogP contribution in [-0.2, 0) is 20.6 Å². The number of aryl methyl sites for hydroxylation is 1. The maximum atomic E-state index is 12.7. The van der Waals surface area contributed by atoms with Crippen LogP contribution in [0.15, 0.2) is 71.6 Å². The molecule has 0 saturated heterocycles. The average Bonchev–Trinajstić information content (AvgIpc) is 2.74. The summed E-state index contributed by atoms with van der Waals surface area (Å²) in [6, 6.07) is 20.5. The van der Waals surface area contributed by atoms with Crippen molar-refractivity contribution in [1.29, 1.82) is 0 Å². The van der Waals surface area contributed by atoms with Crippen LogP contribution in [0.1, 0.15) is 11.1 Å². The summed E-state index contributed by atoms with van der Waals surface area (Å²) >= 11 is 13.9. The maximum Gasteiger partial charge on any atom is 0.245 e. The summed E-state index contributed by atoms with van der Waals surface area (Å²) in [4.78, 5) is 13.9. The summed E-state index contributed by atoms with van der Waals surface area (Å²) in [5, 5.41) is 3.07. The van der Waals surface area contributed by atoms with Crippen molar-refractivity contribution in [3.8, 4) is 0 Å². The fraction of sp³-hybridized carbons (Fsp3) is 0.174. The van der Waals surface area contributed by atoms with Crippen LogP contribution in [0.4, 0.5) is 11.4 Å². The van der Waals surface area contributed by atoms with Gasteiger partial charge in [0.15, 0.2) is 0 Å². The predicted molar refractivity (Wildman–Crippen MR) is 134 cm³/mol. The minimum absolute atomic E-state index is 0.0730. The molecule has 0 heterocycles. The van der Waals surface area contributed by atoms with E-state index in [0.717, 1.165) is 27.4 Å². The zero-order valence-corrected chi connectivity index (χ0v) is 20.7. The minimum Gasteiger partial charge on any atom is -0.324 e. The monoisotopic (exact) mass is 508 g/mol. The number of nitrogens with one attached hydrogen (secondary N) is 1. The van der Waals surface area contributed by atoms with E-state index >= 15 is 0 Å². The molecule has 0 radical (unpaired) electrons. The zero-order chi connectivity index (χ0) is 23.3. The molecule has 0 atom stereocenters. The first-order chi connectivity index (χ1) is 15.1. The molecule has 9 heteroatoms. The summed E-state index contributed by atoms with van der Waals surface area (Å²) < 4.78 is 25.6. The largest absolute Gasteiger partial charge is 0.324 e. The van der Waals surface area contributed by atoms with Gasteiger partial charge in [-0.15, -0.1) is 11.8 Å². The molecule has 32 heavy (non-hydrogen) atoms. The van der Waals surface area contributed by atoms with Crippen molar-refractivity contribution in [2.75, 3.05) is 22.4 Å². The van der Waals surface area contributed by atoms with Gasteiger partial charge in [-0.25, -0.2) is 8.42 Å². The van der Waals surface area contributed by atoms with Crippen molar-refractivity contribution in [3.63, 3.8) is 0 Å². The second kappa shape index (κ2) is 10.6. The van der Waals surface area contributed by atoms with Gasteiger partial charge in [0, 0.05) is 16.3 Å². The zero-order valence-electron chi connectivity index (χ0n) is 17.5.